The van der Waals surface area contributed by atoms with Gasteiger partial charge in [-0.2, -0.15) is 0 Å². The topological polar surface area (TPSA) is 63.5 Å². The second-order valence-electron chi connectivity index (χ2n) is 5.17. The molecule has 0 aliphatic carbocycles. The van der Waals surface area contributed by atoms with Gasteiger partial charge in [0.15, 0.2) is 4.32 Å². The molecule has 7 heteroatoms. The third kappa shape index (κ3) is 3.08. The van der Waals surface area contributed by atoms with Gasteiger partial charge in [-0.15, -0.1) is 0 Å². The first-order chi connectivity index (χ1) is 11.5. The van der Waals surface area contributed by atoms with E-state index in [4.69, 9.17) is 12.2 Å². The van der Waals surface area contributed by atoms with Gasteiger partial charge < -0.3 is 0 Å². The van der Waals surface area contributed by atoms with Crippen LogP contribution in [0.2, 0.25) is 0 Å². The van der Waals surface area contributed by atoms with E-state index in [2.05, 4.69) is 0 Å². The number of para-hydroxylation sites is 1. The molecule has 0 aromatic heterocycles. The van der Waals surface area contributed by atoms with Crippen molar-refractivity contribution in [3.8, 4) is 0 Å². The number of anilines is 1. The summed E-state index contributed by atoms with van der Waals surface area (Å²) in [5.41, 5.74) is 2.05. The number of amides is 1. The van der Waals surface area contributed by atoms with E-state index in [1.807, 2.05) is 31.2 Å². The zero-order valence-electron chi connectivity index (χ0n) is 12.6. The van der Waals surface area contributed by atoms with Gasteiger partial charge in [0.25, 0.3) is 11.6 Å². The van der Waals surface area contributed by atoms with E-state index in [9.17, 15) is 14.9 Å². The molecule has 1 aliphatic heterocycles. The molecular formula is C17H12N2O3S2. The molecule has 5 nitrogen and oxygen atoms in total. The van der Waals surface area contributed by atoms with E-state index in [1.54, 1.807) is 18.2 Å². The van der Waals surface area contributed by atoms with E-state index >= 15 is 0 Å². The Hall–Kier alpha value is -2.51. The molecule has 1 fully saturated rings. The van der Waals surface area contributed by atoms with Gasteiger partial charge in [0.1, 0.15) is 0 Å². The van der Waals surface area contributed by atoms with Crippen LogP contribution in [-0.4, -0.2) is 15.2 Å². The average molecular weight is 356 g/mol. The molecular weight excluding hydrogens is 344 g/mol. The highest BCUT2D eigenvalue weighted by atomic mass is 32.2. The first-order valence-corrected chi connectivity index (χ1v) is 8.28. The Labute approximate surface area is 148 Å². The molecule has 1 heterocycles. The first-order valence-electron chi connectivity index (χ1n) is 7.05. The van der Waals surface area contributed by atoms with Crippen LogP contribution in [0.3, 0.4) is 0 Å². The van der Waals surface area contributed by atoms with Crippen molar-refractivity contribution >= 4 is 51.7 Å². The molecule has 0 spiro atoms. The van der Waals surface area contributed by atoms with Gasteiger partial charge in [-0.1, -0.05) is 48.2 Å². The highest BCUT2D eigenvalue weighted by Gasteiger charge is 2.33. The number of nitro groups is 1. The molecule has 0 N–H and O–H groups in total. The van der Waals surface area contributed by atoms with E-state index < -0.39 is 4.92 Å². The lowest BCUT2D eigenvalue weighted by Crippen LogP contribution is -2.27. The molecule has 0 saturated carbocycles. The Morgan fingerprint density at radius 1 is 1.21 bits per heavy atom. The fraction of sp³-hybridized carbons (Fsp3) is 0.0588. The number of carbonyl (C=O) groups is 1. The van der Waals surface area contributed by atoms with Crippen molar-refractivity contribution in [1.29, 1.82) is 0 Å². The summed E-state index contributed by atoms with van der Waals surface area (Å²) < 4.78 is 0.412. The Morgan fingerprint density at radius 3 is 2.67 bits per heavy atom. The van der Waals surface area contributed by atoms with E-state index in [0.29, 0.717) is 20.5 Å². The van der Waals surface area contributed by atoms with E-state index in [0.717, 1.165) is 17.3 Å². The van der Waals surface area contributed by atoms with E-state index in [-0.39, 0.29) is 11.6 Å². The fourth-order valence-corrected chi connectivity index (χ4v) is 3.66. The van der Waals surface area contributed by atoms with Crippen LogP contribution in [0.15, 0.2) is 53.4 Å². The minimum absolute atomic E-state index is 0.0432. The molecule has 120 valence electrons. The number of thioether (sulfide) groups is 1. The van der Waals surface area contributed by atoms with Gasteiger partial charge in [0.05, 0.1) is 21.1 Å². The molecule has 2 aromatic rings. The normalized spacial score (nSPS) is 16.0. The molecule has 1 saturated heterocycles. The standard InChI is InChI=1S/C17H12N2O3S2/c1-11-5-4-7-13(9-11)18-16(20)15(24-17(18)23)10-12-6-2-3-8-14(12)19(21)22/h2-10H,1H3/b15-10+. The van der Waals surface area contributed by atoms with Crippen LogP contribution in [0.25, 0.3) is 6.08 Å². The summed E-state index contributed by atoms with van der Waals surface area (Å²) >= 11 is 6.46. The second kappa shape index (κ2) is 6.54. The van der Waals surface area contributed by atoms with Crippen LogP contribution in [0.5, 0.6) is 0 Å². The third-order valence-corrected chi connectivity index (χ3v) is 4.78. The first kappa shape index (κ1) is 16.4. The fourth-order valence-electron chi connectivity index (χ4n) is 2.37. The molecule has 0 bridgehead atoms. The minimum atomic E-state index is -0.465. The number of nitrogens with zero attached hydrogens (tertiary/aromatic N) is 2. The molecule has 24 heavy (non-hydrogen) atoms. The maximum atomic E-state index is 12.7. The average Bonchev–Trinajstić information content (AvgIpc) is 2.81. The lowest BCUT2D eigenvalue weighted by molar-refractivity contribution is -0.385. The lowest BCUT2D eigenvalue weighted by atomic mass is 10.1. The summed E-state index contributed by atoms with van der Waals surface area (Å²) in [6.45, 7) is 1.93. The Bertz CT molecular complexity index is 893. The molecule has 0 radical (unpaired) electrons. The summed E-state index contributed by atoms with van der Waals surface area (Å²) in [4.78, 5) is 25.2. The van der Waals surface area contributed by atoms with Crippen LogP contribution < -0.4 is 4.90 Å². The molecule has 2 aromatic carbocycles. The van der Waals surface area contributed by atoms with Gasteiger partial charge in [-0.25, -0.2) is 0 Å². The molecule has 0 unspecified atom stereocenters. The SMILES string of the molecule is Cc1cccc(N2C(=O)/C(=C\c3ccccc3[N+](=O)[O-])SC2=S)c1. The van der Waals surface area contributed by atoms with Crippen LogP contribution >= 0.6 is 24.0 Å². The van der Waals surface area contributed by atoms with Crippen molar-refractivity contribution in [2.24, 2.45) is 0 Å². The second-order valence-corrected chi connectivity index (χ2v) is 6.85. The highest BCUT2D eigenvalue weighted by molar-refractivity contribution is 8.27. The number of benzene rings is 2. The number of hydrogen-bond donors (Lipinski definition) is 0. The maximum Gasteiger partial charge on any atom is 0.276 e. The molecule has 1 aliphatic rings. The van der Waals surface area contributed by atoms with Crippen molar-refractivity contribution in [2.75, 3.05) is 4.90 Å². The van der Waals surface area contributed by atoms with Crippen molar-refractivity contribution in [1.82, 2.24) is 0 Å². The van der Waals surface area contributed by atoms with Gasteiger partial charge in [0, 0.05) is 6.07 Å². The van der Waals surface area contributed by atoms with Crippen molar-refractivity contribution < 1.29 is 9.72 Å². The van der Waals surface area contributed by atoms with Crippen LogP contribution in [0, 0.1) is 17.0 Å². The van der Waals surface area contributed by atoms with Crippen LogP contribution in [0.1, 0.15) is 11.1 Å². The number of aryl methyl sites for hydroxylation is 1. The molecule has 3 rings (SSSR count). The quantitative estimate of drug-likeness (QED) is 0.355. The summed E-state index contributed by atoms with van der Waals surface area (Å²) in [7, 11) is 0. The smallest absolute Gasteiger partial charge is 0.268 e. The summed E-state index contributed by atoms with van der Waals surface area (Å²) in [5.74, 6) is -0.270. The van der Waals surface area contributed by atoms with Crippen molar-refractivity contribution in [3.05, 3.63) is 74.7 Å². The number of carbonyl (C=O) groups excluding carboxylic acids is 1. The number of rotatable bonds is 3. The van der Waals surface area contributed by atoms with Gasteiger partial charge in [-0.3, -0.25) is 19.8 Å². The zero-order chi connectivity index (χ0) is 17.3. The predicted molar refractivity (Wildman–Crippen MR) is 99.9 cm³/mol. The molecule has 1 amide bonds. The number of thiocarbonyl (C=S) groups is 1. The maximum absolute atomic E-state index is 12.7. The van der Waals surface area contributed by atoms with Gasteiger partial charge in [0.2, 0.25) is 0 Å². The monoisotopic (exact) mass is 356 g/mol. The van der Waals surface area contributed by atoms with E-state index in [1.165, 1.54) is 17.0 Å². The number of nitro benzene ring substituents is 1. The zero-order valence-corrected chi connectivity index (χ0v) is 14.3. The van der Waals surface area contributed by atoms with Crippen LogP contribution in [-0.2, 0) is 4.79 Å². The summed E-state index contributed by atoms with van der Waals surface area (Å²) in [6.07, 6.45) is 1.52. The van der Waals surface area contributed by atoms with Crippen molar-refractivity contribution in [3.63, 3.8) is 0 Å². The largest absolute Gasteiger partial charge is 0.276 e. The highest BCUT2D eigenvalue weighted by Crippen LogP contribution is 2.37. The van der Waals surface area contributed by atoms with Crippen molar-refractivity contribution in [2.45, 2.75) is 6.92 Å². The van der Waals surface area contributed by atoms with Crippen LogP contribution in [0.4, 0.5) is 11.4 Å². The van der Waals surface area contributed by atoms with Gasteiger partial charge in [-0.05, 0) is 36.8 Å². The lowest BCUT2D eigenvalue weighted by Gasteiger charge is -2.14. The summed E-state index contributed by atoms with van der Waals surface area (Å²) in [5, 5.41) is 11.1. The third-order valence-electron chi connectivity index (χ3n) is 3.47. The molecule has 0 atom stereocenters. The number of hydrogen-bond acceptors (Lipinski definition) is 5. The predicted octanol–water partition coefficient (Wildman–Crippen LogP) is 4.31. The summed E-state index contributed by atoms with van der Waals surface area (Å²) in [6, 6.07) is 13.8. The Morgan fingerprint density at radius 2 is 1.96 bits per heavy atom. The Balaban J connectivity index is 1.99. The van der Waals surface area contributed by atoms with Gasteiger partial charge >= 0.3 is 0 Å². The Kier molecular flexibility index (Phi) is 4.46. The minimum Gasteiger partial charge on any atom is -0.268 e.